The van der Waals surface area contributed by atoms with E-state index < -0.39 is 11.8 Å². The number of hydrogen-bond donors (Lipinski definition) is 0. The first-order valence-electron chi connectivity index (χ1n) is 7.38. The minimum atomic E-state index is -0.440. The van der Waals surface area contributed by atoms with E-state index in [0.717, 1.165) is 22.3 Å². The van der Waals surface area contributed by atoms with Crippen molar-refractivity contribution < 1.29 is 29.1 Å². The summed E-state index contributed by atoms with van der Waals surface area (Å²) in [5.74, 6) is -1.53. The Morgan fingerprint density at radius 1 is 0.652 bits per heavy atom. The summed E-state index contributed by atoms with van der Waals surface area (Å²) in [5, 5.41) is 0. The molecule has 23 heavy (non-hydrogen) atoms. The van der Waals surface area contributed by atoms with E-state index in [1.807, 2.05) is 72.8 Å². The largest absolute Gasteiger partial charge is 0.290 e. The number of benzene rings is 2. The van der Waals surface area contributed by atoms with Crippen LogP contribution in [0, 0.1) is 0 Å². The molecule has 2 aromatic carbocycles. The Morgan fingerprint density at radius 3 is 1.48 bits per heavy atom. The Bertz CT molecular complexity index is 777. The van der Waals surface area contributed by atoms with E-state index in [1.165, 1.54) is 0 Å². The molecule has 0 spiro atoms. The van der Waals surface area contributed by atoms with Crippen LogP contribution < -0.4 is 0 Å². The van der Waals surface area contributed by atoms with Crippen LogP contribution in [0.2, 0.25) is 0 Å². The summed E-state index contributed by atoms with van der Waals surface area (Å²) in [7, 11) is 0. The van der Waals surface area contributed by atoms with Crippen molar-refractivity contribution in [1.82, 2.24) is 0 Å². The fourth-order valence-corrected chi connectivity index (χ4v) is 3.26. The first-order valence-corrected chi connectivity index (χ1v) is 7.38. The molecule has 0 aliphatic heterocycles. The molecule has 0 aromatic heterocycles. The summed E-state index contributed by atoms with van der Waals surface area (Å²) in [6.45, 7) is 0. The Morgan fingerprint density at radius 2 is 1.04 bits per heavy atom. The van der Waals surface area contributed by atoms with Crippen LogP contribution in [0.25, 0.3) is 12.2 Å². The van der Waals surface area contributed by atoms with Crippen LogP contribution in [0.1, 0.15) is 34.1 Å². The average molecular weight is 352 g/mol. The van der Waals surface area contributed by atoms with Gasteiger partial charge in [0, 0.05) is 19.5 Å². The Kier molecular flexibility index (Phi) is 4.23. The van der Waals surface area contributed by atoms with Crippen molar-refractivity contribution >= 4 is 23.7 Å². The van der Waals surface area contributed by atoms with Gasteiger partial charge in [-0.05, 0) is 22.3 Å². The molecule has 2 aliphatic rings. The van der Waals surface area contributed by atoms with E-state index >= 15 is 0 Å². The molecule has 2 unspecified atom stereocenters. The third-order valence-electron chi connectivity index (χ3n) is 4.41. The second-order valence-electron chi connectivity index (χ2n) is 5.66. The van der Waals surface area contributed by atoms with Crippen LogP contribution in [0.3, 0.4) is 0 Å². The van der Waals surface area contributed by atoms with Crippen LogP contribution >= 0.6 is 0 Å². The third kappa shape index (κ3) is 2.56. The molecule has 0 heterocycles. The first-order chi connectivity index (χ1) is 10.8. The van der Waals surface area contributed by atoms with Crippen molar-refractivity contribution in [2.24, 2.45) is 0 Å². The number of carbonyl (C=O) groups excluding carboxylic acids is 2. The van der Waals surface area contributed by atoms with Gasteiger partial charge in [0.15, 0.2) is 0 Å². The molecule has 0 radical (unpaired) electrons. The summed E-state index contributed by atoms with van der Waals surface area (Å²) >= 11 is 0. The predicted octanol–water partition coefficient (Wildman–Crippen LogP) is 3.74. The molecule has 0 saturated carbocycles. The smallest absolute Gasteiger partial charge is 0.210 e. The molecule has 0 amide bonds. The van der Waals surface area contributed by atoms with E-state index in [9.17, 15) is 9.59 Å². The Labute approximate surface area is 147 Å². The molecule has 108 valence electrons. The fourth-order valence-electron chi connectivity index (χ4n) is 3.26. The SMILES string of the molecule is O=C(C(=O)C1C=Cc2ccccc21)C1C=Cc2ccccc21.[Zn]. The van der Waals surface area contributed by atoms with Gasteiger partial charge in [-0.3, -0.25) is 9.59 Å². The molecule has 2 aliphatic carbocycles. The second-order valence-corrected chi connectivity index (χ2v) is 5.66. The molecule has 4 rings (SSSR count). The average Bonchev–Trinajstić information content (AvgIpc) is 3.17. The zero-order valence-electron chi connectivity index (χ0n) is 12.6. The van der Waals surface area contributed by atoms with Crippen LogP contribution in [0.4, 0.5) is 0 Å². The molecule has 2 nitrogen and oxygen atoms in total. The van der Waals surface area contributed by atoms with Gasteiger partial charge in [0.2, 0.25) is 11.6 Å². The standard InChI is InChI=1S/C20H14O2.Zn/c21-19(17-11-9-13-5-1-3-7-15(13)17)20(22)18-12-10-14-6-2-4-8-16(14)18;/h1-12,17-18H;. The van der Waals surface area contributed by atoms with E-state index in [2.05, 4.69) is 0 Å². The van der Waals surface area contributed by atoms with E-state index in [-0.39, 0.29) is 31.0 Å². The quantitative estimate of drug-likeness (QED) is 0.623. The topological polar surface area (TPSA) is 34.1 Å². The zero-order valence-corrected chi connectivity index (χ0v) is 15.6. The van der Waals surface area contributed by atoms with Gasteiger partial charge in [0.1, 0.15) is 0 Å². The van der Waals surface area contributed by atoms with Crippen LogP contribution in [0.15, 0.2) is 60.7 Å². The van der Waals surface area contributed by atoms with Gasteiger partial charge in [-0.1, -0.05) is 72.8 Å². The minimum Gasteiger partial charge on any atom is -0.290 e. The summed E-state index contributed by atoms with van der Waals surface area (Å²) in [4.78, 5) is 25.3. The monoisotopic (exact) mass is 350 g/mol. The van der Waals surface area contributed by atoms with Crippen molar-refractivity contribution in [3.05, 3.63) is 82.9 Å². The number of allylic oxidation sites excluding steroid dienone is 2. The minimum absolute atomic E-state index is 0. The number of carbonyl (C=O) groups is 2. The van der Waals surface area contributed by atoms with Crippen LogP contribution in [0.5, 0.6) is 0 Å². The van der Waals surface area contributed by atoms with Crippen LogP contribution in [-0.2, 0) is 29.1 Å². The van der Waals surface area contributed by atoms with Gasteiger partial charge in [0.05, 0.1) is 11.8 Å². The van der Waals surface area contributed by atoms with Gasteiger partial charge in [-0.25, -0.2) is 0 Å². The van der Waals surface area contributed by atoms with Gasteiger partial charge >= 0.3 is 0 Å². The normalized spacial score (nSPS) is 19.8. The molecule has 0 fully saturated rings. The number of fused-ring (bicyclic) bond motifs is 2. The van der Waals surface area contributed by atoms with Crippen molar-refractivity contribution in [1.29, 1.82) is 0 Å². The summed E-state index contributed by atoms with van der Waals surface area (Å²) in [5.41, 5.74) is 3.90. The molecule has 0 N–H and O–H groups in total. The molecule has 2 atom stereocenters. The van der Waals surface area contributed by atoms with Gasteiger partial charge in [0.25, 0.3) is 0 Å². The van der Waals surface area contributed by atoms with Crippen molar-refractivity contribution in [2.75, 3.05) is 0 Å². The van der Waals surface area contributed by atoms with Gasteiger partial charge in [-0.2, -0.15) is 0 Å². The number of ketones is 2. The molecular formula is C20H14O2Zn. The fraction of sp³-hybridized carbons (Fsp3) is 0.100. The maximum Gasteiger partial charge on any atom is 0.210 e. The zero-order chi connectivity index (χ0) is 15.1. The number of Topliss-reactive ketones (excluding diaryl/α,β-unsaturated/α-hetero) is 2. The van der Waals surface area contributed by atoms with Crippen molar-refractivity contribution in [2.45, 2.75) is 11.8 Å². The molecular weight excluding hydrogens is 338 g/mol. The number of hydrogen-bond acceptors (Lipinski definition) is 2. The summed E-state index contributed by atoms with van der Waals surface area (Å²) in [6.07, 6.45) is 7.50. The Balaban J connectivity index is 0.00000156. The van der Waals surface area contributed by atoms with E-state index in [1.54, 1.807) is 0 Å². The molecule has 0 saturated heterocycles. The Hall–Kier alpha value is -2.12. The van der Waals surface area contributed by atoms with Gasteiger partial charge < -0.3 is 0 Å². The maximum absolute atomic E-state index is 12.7. The summed E-state index contributed by atoms with van der Waals surface area (Å²) in [6, 6.07) is 15.5. The first kappa shape index (κ1) is 15.8. The maximum atomic E-state index is 12.7. The van der Waals surface area contributed by atoms with E-state index in [4.69, 9.17) is 0 Å². The molecule has 3 heteroatoms. The van der Waals surface area contributed by atoms with E-state index in [0.29, 0.717) is 0 Å². The van der Waals surface area contributed by atoms with Crippen molar-refractivity contribution in [3.8, 4) is 0 Å². The molecule has 2 aromatic rings. The molecule has 0 bridgehead atoms. The number of rotatable bonds is 3. The van der Waals surface area contributed by atoms with Gasteiger partial charge in [-0.15, -0.1) is 0 Å². The van der Waals surface area contributed by atoms with Crippen molar-refractivity contribution in [3.63, 3.8) is 0 Å². The predicted molar refractivity (Wildman–Crippen MR) is 86.4 cm³/mol. The second kappa shape index (κ2) is 6.18. The summed E-state index contributed by atoms with van der Waals surface area (Å²) < 4.78 is 0. The van der Waals surface area contributed by atoms with Crippen LogP contribution in [-0.4, -0.2) is 11.6 Å². The third-order valence-corrected chi connectivity index (χ3v) is 4.41.